The Morgan fingerprint density at radius 3 is 2.10 bits per heavy atom. The third kappa shape index (κ3) is 3.66. The SMILES string of the molecule is Cc1nc(-c2cccc(NC(=O)C(O)(c3ccccc3)c3ccccc3)c2)n[nH]1. The van der Waals surface area contributed by atoms with Crippen molar-refractivity contribution in [3.63, 3.8) is 0 Å². The van der Waals surface area contributed by atoms with Gasteiger partial charge in [0.25, 0.3) is 5.91 Å². The number of aromatic amines is 1. The summed E-state index contributed by atoms with van der Waals surface area (Å²) in [5, 5.41) is 21.3. The summed E-state index contributed by atoms with van der Waals surface area (Å²) < 4.78 is 0. The molecule has 0 bridgehead atoms. The van der Waals surface area contributed by atoms with Crippen LogP contribution >= 0.6 is 0 Å². The predicted molar refractivity (Wildman–Crippen MR) is 111 cm³/mol. The highest BCUT2D eigenvalue weighted by Gasteiger charge is 2.39. The summed E-state index contributed by atoms with van der Waals surface area (Å²) in [6, 6.07) is 25.0. The first kappa shape index (κ1) is 18.6. The lowest BCUT2D eigenvalue weighted by molar-refractivity contribution is -0.131. The molecule has 1 heterocycles. The number of hydrogen-bond donors (Lipinski definition) is 3. The fraction of sp³-hybridized carbons (Fsp3) is 0.0870. The monoisotopic (exact) mass is 384 g/mol. The van der Waals surface area contributed by atoms with E-state index in [2.05, 4.69) is 20.5 Å². The Labute approximate surface area is 168 Å². The van der Waals surface area contributed by atoms with E-state index in [4.69, 9.17) is 0 Å². The van der Waals surface area contributed by atoms with Crippen molar-refractivity contribution in [2.45, 2.75) is 12.5 Å². The number of nitrogens with one attached hydrogen (secondary N) is 2. The molecule has 0 fully saturated rings. The number of rotatable bonds is 5. The molecule has 0 spiro atoms. The molecular weight excluding hydrogens is 364 g/mol. The molecule has 6 nitrogen and oxygen atoms in total. The van der Waals surface area contributed by atoms with Crippen LogP contribution in [0.1, 0.15) is 17.0 Å². The molecule has 0 unspecified atom stereocenters. The molecule has 0 aliphatic rings. The molecule has 0 saturated heterocycles. The number of nitrogens with zero attached hydrogens (tertiary/aromatic N) is 2. The molecule has 0 saturated carbocycles. The fourth-order valence-electron chi connectivity index (χ4n) is 3.22. The molecule has 4 aromatic rings. The van der Waals surface area contributed by atoms with E-state index in [1.807, 2.05) is 25.1 Å². The molecule has 0 aliphatic carbocycles. The number of amides is 1. The van der Waals surface area contributed by atoms with E-state index in [0.717, 1.165) is 5.56 Å². The van der Waals surface area contributed by atoms with Crippen LogP contribution in [0.2, 0.25) is 0 Å². The number of aryl methyl sites for hydroxylation is 1. The van der Waals surface area contributed by atoms with Crippen molar-refractivity contribution in [1.82, 2.24) is 15.2 Å². The Morgan fingerprint density at radius 2 is 1.55 bits per heavy atom. The third-order valence-electron chi connectivity index (χ3n) is 4.69. The van der Waals surface area contributed by atoms with Crippen molar-refractivity contribution in [2.75, 3.05) is 5.32 Å². The average molecular weight is 384 g/mol. The minimum absolute atomic E-state index is 0.490. The maximum absolute atomic E-state index is 13.3. The summed E-state index contributed by atoms with van der Waals surface area (Å²) in [5.74, 6) is 0.704. The van der Waals surface area contributed by atoms with Crippen molar-refractivity contribution >= 4 is 11.6 Å². The van der Waals surface area contributed by atoms with E-state index in [1.165, 1.54) is 0 Å². The van der Waals surface area contributed by atoms with Crippen molar-refractivity contribution in [3.05, 3.63) is 102 Å². The maximum atomic E-state index is 13.3. The number of H-pyrrole nitrogens is 1. The molecule has 144 valence electrons. The smallest absolute Gasteiger partial charge is 0.265 e. The molecule has 0 aliphatic heterocycles. The molecule has 0 radical (unpaired) electrons. The van der Waals surface area contributed by atoms with Gasteiger partial charge in [0, 0.05) is 11.3 Å². The first-order valence-corrected chi connectivity index (χ1v) is 9.21. The second-order valence-corrected chi connectivity index (χ2v) is 6.72. The van der Waals surface area contributed by atoms with Gasteiger partial charge >= 0.3 is 0 Å². The van der Waals surface area contributed by atoms with Crippen LogP contribution in [0.3, 0.4) is 0 Å². The lowest BCUT2D eigenvalue weighted by Crippen LogP contribution is -2.41. The molecule has 29 heavy (non-hydrogen) atoms. The Hall–Kier alpha value is -3.77. The van der Waals surface area contributed by atoms with Gasteiger partial charge in [0.1, 0.15) is 5.82 Å². The van der Waals surface area contributed by atoms with Gasteiger partial charge in [0.05, 0.1) is 0 Å². The van der Waals surface area contributed by atoms with Crippen LogP contribution in [0, 0.1) is 6.92 Å². The number of carbonyl (C=O) groups is 1. The summed E-state index contributed by atoms with van der Waals surface area (Å²) in [4.78, 5) is 17.6. The minimum Gasteiger partial charge on any atom is -0.372 e. The molecule has 1 amide bonds. The van der Waals surface area contributed by atoms with Crippen molar-refractivity contribution in [3.8, 4) is 11.4 Å². The zero-order valence-corrected chi connectivity index (χ0v) is 15.8. The molecule has 4 rings (SSSR count). The Bertz CT molecular complexity index is 1080. The Balaban J connectivity index is 1.70. The number of carbonyl (C=O) groups excluding carboxylic acids is 1. The van der Waals surface area contributed by atoms with Crippen LogP contribution in [0.4, 0.5) is 5.69 Å². The van der Waals surface area contributed by atoms with Crippen LogP contribution in [0.15, 0.2) is 84.9 Å². The van der Waals surface area contributed by atoms with Crippen LogP contribution in [0.25, 0.3) is 11.4 Å². The highest BCUT2D eigenvalue weighted by atomic mass is 16.3. The molecular formula is C23H20N4O2. The van der Waals surface area contributed by atoms with Crippen LogP contribution in [-0.4, -0.2) is 26.2 Å². The second-order valence-electron chi connectivity index (χ2n) is 6.72. The van der Waals surface area contributed by atoms with E-state index in [0.29, 0.717) is 28.5 Å². The number of aromatic nitrogens is 3. The third-order valence-corrected chi connectivity index (χ3v) is 4.69. The first-order valence-electron chi connectivity index (χ1n) is 9.21. The normalized spacial score (nSPS) is 11.2. The van der Waals surface area contributed by atoms with Crippen LogP contribution < -0.4 is 5.32 Å². The van der Waals surface area contributed by atoms with Gasteiger partial charge in [-0.1, -0.05) is 72.8 Å². The van der Waals surface area contributed by atoms with Crippen molar-refractivity contribution < 1.29 is 9.90 Å². The number of benzene rings is 3. The predicted octanol–water partition coefficient (Wildman–Crippen LogP) is 3.65. The van der Waals surface area contributed by atoms with Gasteiger partial charge in [-0.3, -0.25) is 9.89 Å². The number of aliphatic hydroxyl groups is 1. The summed E-state index contributed by atoms with van der Waals surface area (Å²) in [5.41, 5.74) is 0.448. The quantitative estimate of drug-likeness (QED) is 0.490. The van der Waals surface area contributed by atoms with Gasteiger partial charge in [-0.15, -0.1) is 0 Å². The Kier molecular flexibility index (Phi) is 4.93. The highest BCUT2D eigenvalue weighted by Crippen LogP contribution is 2.31. The van der Waals surface area contributed by atoms with Crippen molar-refractivity contribution in [2.24, 2.45) is 0 Å². The molecule has 0 atom stereocenters. The van der Waals surface area contributed by atoms with E-state index in [-0.39, 0.29) is 0 Å². The zero-order valence-electron chi connectivity index (χ0n) is 15.8. The molecule has 1 aromatic heterocycles. The van der Waals surface area contributed by atoms with Crippen LogP contribution in [-0.2, 0) is 10.4 Å². The van der Waals surface area contributed by atoms with Gasteiger partial charge in [0.15, 0.2) is 11.4 Å². The number of anilines is 1. The average Bonchev–Trinajstić information content (AvgIpc) is 3.21. The van der Waals surface area contributed by atoms with Gasteiger partial charge in [0.2, 0.25) is 0 Å². The van der Waals surface area contributed by atoms with Crippen molar-refractivity contribution in [1.29, 1.82) is 0 Å². The highest BCUT2D eigenvalue weighted by molar-refractivity contribution is 6.00. The lowest BCUT2D eigenvalue weighted by atomic mass is 9.85. The zero-order chi connectivity index (χ0) is 20.3. The first-order chi connectivity index (χ1) is 14.1. The molecule has 6 heteroatoms. The summed E-state index contributed by atoms with van der Waals surface area (Å²) >= 11 is 0. The topological polar surface area (TPSA) is 90.9 Å². The fourth-order valence-corrected chi connectivity index (χ4v) is 3.22. The maximum Gasteiger partial charge on any atom is 0.265 e. The van der Waals surface area contributed by atoms with E-state index in [1.54, 1.807) is 66.7 Å². The molecule has 3 N–H and O–H groups in total. The van der Waals surface area contributed by atoms with Crippen LogP contribution in [0.5, 0.6) is 0 Å². The van der Waals surface area contributed by atoms with E-state index >= 15 is 0 Å². The van der Waals surface area contributed by atoms with E-state index < -0.39 is 11.5 Å². The summed E-state index contributed by atoms with van der Waals surface area (Å²) in [7, 11) is 0. The van der Waals surface area contributed by atoms with Gasteiger partial charge < -0.3 is 10.4 Å². The summed E-state index contributed by atoms with van der Waals surface area (Å²) in [6.45, 7) is 1.82. The Morgan fingerprint density at radius 1 is 0.931 bits per heavy atom. The van der Waals surface area contributed by atoms with Gasteiger partial charge in [-0.05, 0) is 30.2 Å². The van der Waals surface area contributed by atoms with E-state index in [9.17, 15) is 9.90 Å². The van der Waals surface area contributed by atoms with Gasteiger partial charge in [-0.2, -0.15) is 5.10 Å². The van der Waals surface area contributed by atoms with Gasteiger partial charge in [-0.25, -0.2) is 4.98 Å². The summed E-state index contributed by atoms with van der Waals surface area (Å²) in [6.07, 6.45) is 0. The largest absolute Gasteiger partial charge is 0.372 e. The second kappa shape index (κ2) is 7.69. The standard InChI is InChI=1S/C23H20N4O2/c1-16-24-21(27-26-16)17-9-8-14-20(15-17)25-22(28)23(29,18-10-4-2-5-11-18)19-12-6-3-7-13-19/h2-15,29H,1H3,(H,25,28)(H,24,26,27). The molecule has 3 aromatic carbocycles. The minimum atomic E-state index is -1.83. The number of hydrogen-bond acceptors (Lipinski definition) is 4. The lowest BCUT2D eigenvalue weighted by Gasteiger charge is -2.28.